The Labute approximate surface area is 105 Å². The second-order valence-electron chi connectivity index (χ2n) is 4.56. The highest BCUT2D eigenvalue weighted by atomic mass is 16.6. The summed E-state index contributed by atoms with van der Waals surface area (Å²) in [5, 5.41) is 19.8. The highest BCUT2D eigenvalue weighted by molar-refractivity contribution is 5.18. The fraction of sp³-hybridized carbons (Fsp3) is 0.727. The van der Waals surface area contributed by atoms with Gasteiger partial charge in [-0.1, -0.05) is 0 Å². The number of rotatable bonds is 7. The van der Waals surface area contributed by atoms with Crippen LogP contribution in [0.3, 0.4) is 0 Å². The summed E-state index contributed by atoms with van der Waals surface area (Å²) in [7, 11) is 0. The Kier molecular flexibility index (Phi) is 3.93. The van der Waals surface area contributed by atoms with E-state index in [0.29, 0.717) is 31.5 Å². The molecule has 1 saturated carbocycles. The van der Waals surface area contributed by atoms with Crippen LogP contribution in [0.4, 0.5) is 5.82 Å². The number of hydrogen-bond donors (Lipinski definition) is 1. The SMILES string of the molecule is Cc1ncc([N+](=O)[O-])n1CCN(CCO)C1CC1. The molecule has 1 aromatic heterocycles. The summed E-state index contributed by atoms with van der Waals surface area (Å²) in [5.41, 5.74) is 0. The van der Waals surface area contributed by atoms with Gasteiger partial charge in [-0.3, -0.25) is 4.90 Å². The normalized spacial score (nSPS) is 15.3. The minimum atomic E-state index is -0.409. The number of aliphatic hydroxyl groups is 1. The number of nitrogens with zero attached hydrogens (tertiary/aromatic N) is 4. The van der Waals surface area contributed by atoms with Gasteiger partial charge in [-0.25, -0.2) is 9.55 Å². The Morgan fingerprint density at radius 1 is 1.61 bits per heavy atom. The summed E-state index contributed by atoms with van der Waals surface area (Å²) in [4.78, 5) is 16.6. The van der Waals surface area contributed by atoms with E-state index in [2.05, 4.69) is 9.88 Å². The molecule has 7 heteroatoms. The zero-order valence-corrected chi connectivity index (χ0v) is 10.4. The van der Waals surface area contributed by atoms with Crippen molar-refractivity contribution in [2.75, 3.05) is 19.7 Å². The van der Waals surface area contributed by atoms with E-state index in [1.807, 2.05) is 0 Å². The molecule has 0 aliphatic heterocycles. The lowest BCUT2D eigenvalue weighted by Gasteiger charge is -2.19. The molecule has 0 bridgehead atoms. The molecule has 1 heterocycles. The van der Waals surface area contributed by atoms with E-state index in [0.717, 1.165) is 12.8 Å². The van der Waals surface area contributed by atoms with Crippen molar-refractivity contribution >= 4 is 5.82 Å². The van der Waals surface area contributed by atoms with Crippen LogP contribution >= 0.6 is 0 Å². The first-order chi connectivity index (χ1) is 8.63. The fourth-order valence-corrected chi connectivity index (χ4v) is 2.15. The minimum absolute atomic E-state index is 0.0345. The molecule has 1 N–H and O–H groups in total. The van der Waals surface area contributed by atoms with Crippen molar-refractivity contribution < 1.29 is 10.0 Å². The van der Waals surface area contributed by atoms with Crippen molar-refractivity contribution in [3.8, 4) is 0 Å². The summed E-state index contributed by atoms with van der Waals surface area (Å²) in [6.45, 7) is 3.77. The Morgan fingerprint density at radius 3 is 2.89 bits per heavy atom. The maximum absolute atomic E-state index is 10.8. The predicted octanol–water partition coefficient (Wildman–Crippen LogP) is 0.556. The molecule has 0 radical (unpaired) electrons. The molecular formula is C11H18N4O3. The van der Waals surface area contributed by atoms with Crippen LogP contribution in [0.15, 0.2) is 6.20 Å². The van der Waals surface area contributed by atoms with Crippen LogP contribution in [-0.2, 0) is 6.54 Å². The van der Waals surface area contributed by atoms with Crippen LogP contribution < -0.4 is 0 Å². The van der Waals surface area contributed by atoms with Crippen LogP contribution in [0.2, 0.25) is 0 Å². The van der Waals surface area contributed by atoms with Crippen molar-refractivity contribution in [3.05, 3.63) is 22.1 Å². The second-order valence-corrected chi connectivity index (χ2v) is 4.56. The van der Waals surface area contributed by atoms with Crippen LogP contribution in [0.5, 0.6) is 0 Å². The predicted molar refractivity (Wildman–Crippen MR) is 65.3 cm³/mol. The first-order valence-corrected chi connectivity index (χ1v) is 6.15. The van der Waals surface area contributed by atoms with Crippen molar-refractivity contribution in [2.24, 2.45) is 0 Å². The zero-order valence-electron chi connectivity index (χ0n) is 10.4. The van der Waals surface area contributed by atoms with Gasteiger partial charge in [0, 0.05) is 26.1 Å². The van der Waals surface area contributed by atoms with Gasteiger partial charge in [0.2, 0.25) is 0 Å². The molecule has 100 valence electrons. The van der Waals surface area contributed by atoms with Gasteiger partial charge in [-0.2, -0.15) is 0 Å². The number of aromatic nitrogens is 2. The molecule has 0 saturated heterocycles. The molecule has 1 aliphatic carbocycles. The van der Waals surface area contributed by atoms with Gasteiger partial charge >= 0.3 is 5.82 Å². The number of nitro groups is 1. The smallest absolute Gasteiger partial charge is 0.342 e. The summed E-state index contributed by atoms with van der Waals surface area (Å²) in [6, 6.07) is 0.542. The van der Waals surface area contributed by atoms with Crippen LogP contribution in [0.25, 0.3) is 0 Å². The second kappa shape index (κ2) is 5.45. The van der Waals surface area contributed by atoms with E-state index in [-0.39, 0.29) is 12.4 Å². The standard InChI is InChI=1S/C11H18N4O3/c1-9-12-8-11(15(17)18)14(9)5-4-13(6-7-16)10-2-3-10/h8,10,16H,2-7H2,1H3. The molecule has 0 unspecified atom stereocenters. The van der Waals surface area contributed by atoms with Gasteiger partial charge in [0.1, 0.15) is 12.7 Å². The van der Waals surface area contributed by atoms with Crippen LogP contribution in [0.1, 0.15) is 18.7 Å². The molecule has 7 nitrogen and oxygen atoms in total. The lowest BCUT2D eigenvalue weighted by Crippen LogP contribution is -2.32. The Hall–Kier alpha value is -1.47. The van der Waals surface area contributed by atoms with E-state index in [9.17, 15) is 10.1 Å². The number of imidazole rings is 1. The topological polar surface area (TPSA) is 84.4 Å². The molecular weight excluding hydrogens is 236 g/mol. The lowest BCUT2D eigenvalue weighted by molar-refractivity contribution is -0.392. The van der Waals surface area contributed by atoms with E-state index >= 15 is 0 Å². The molecule has 0 spiro atoms. The Balaban J connectivity index is 2.00. The molecule has 0 amide bonds. The molecule has 0 aromatic carbocycles. The average Bonchev–Trinajstić information content (AvgIpc) is 3.09. The average molecular weight is 254 g/mol. The van der Waals surface area contributed by atoms with Crippen molar-refractivity contribution in [2.45, 2.75) is 32.4 Å². The van der Waals surface area contributed by atoms with Gasteiger partial charge in [0.25, 0.3) is 0 Å². The quantitative estimate of drug-likeness (QED) is 0.567. The Morgan fingerprint density at radius 2 is 2.33 bits per heavy atom. The molecule has 1 aromatic rings. The van der Waals surface area contributed by atoms with Crippen molar-refractivity contribution in [1.82, 2.24) is 14.5 Å². The molecule has 18 heavy (non-hydrogen) atoms. The van der Waals surface area contributed by atoms with Gasteiger partial charge in [0.05, 0.1) is 6.61 Å². The van der Waals surface area contributed by atoms with E-state index < -0.39 is 4.92 Å². The van der Waals surface area contributed by atoms with Crippen molar-refractivity contribution in [1.29, 1.82) is 0 Å². The molecule has 0 atom stereocenters. The first-order valence-electron chi connectivity index (χ1n) is 6.15. The lowest BCUT2D eigenvalue weighted by atomic mass is 10.4. The Bertz CT molecular complexity index is 428. The van der Waals surface area contributed by atoms with E-state index in [1.165, 1.54) is 6.20 Å². The third-order valence-corrected chi connectivity index (χ3v) is 3.28. The highest BCUT2D eigenvalue weighted by Crippen LogP contribution is 2.26. The van der Waals surface area contributed by atoms with E-state index in [4.69, 9.17) is 5.11 Å². The minimum Gasteiger partial charge on any atom is -0.395 e. The molecule has 1 fully saturated rings. The van der Waals surface area contributed by atoms with Gasteiger partial charge in [0.15, 0.2) is 5.82 Å². The van der Waals surface area contributed by atoms with Crippen molar-refractivity contribution in [3.63, 3.8) is 0 Å². The molecule has 2 rings (SSSR count). The largest absolute Gasteiger partial charge is 0.395 e. The third kappa shape index (κ3) is 2.85. The summed E-state index contributed by atoms with van der Waals surface area (Å²) < 4.78 is 1.62. The number of aliphatic hydroxyl groups excluding tert-OH is 1. The highest BCUT2D eigenvalue weighted by Gasteiger charge is 2.29. The van der Waals surface area contributed by atoms with Crippen LogP contribution in [-0.4, -0.2) is 50.2 Å². The van der Waals surface area contributed by atoms with Gasteiger partial charge in [-0.05, 0) is 17.8 Å². The molecule has 1 aliphatic rings. The monoisotopic (exact) mass is 254 g/mol. The first kappa shape index (κ1) is 13.0. The fourth-order valence-electron chi connectivity index (χ4n) is 2.15. The maximum atomic E-state index is 10.8. The number of aryl methyl sites for hydroxylation is 1. The summed E-state index contributed by atoms with van der Waals surface area (Å²) in [6.07, 6.45) is 3.61. The zero-order chi connectivity index (χ0) is 13.1. The third-order valence-electron chi connectivity index (χ3n) is 3.28. The van der Waals surface area contributed by atoms with Crippen LogP contribution in [0, 0.1) is 17.0 Å². The van der Waals surface area contributed by atoms with Gasteiger partial charge < -0.3 is 15.2 Å². The summed E-state index contributed by atoms with van der Waals surface area (Å²) in [5.74, 6) is 0.689. The number of hydrogen-bond acceptors (Lipinski definition) is 5. The maximum Gasteiger partial charge on any atom is 0.342 e. The summed E-state index contributed by atoms with van der Waals surface area (Å²) >= 11 is 0. The van der Waals surface area contributed by atoms with Gasteiger partial charge in [-0.15, -0.1) is 0 Å². The van der Waals surface area contributed by atoms with E-state index in [1.54, 1.807) is 11.5 Å².